The van der Waals surface area contributed by atoms with Crippen LogP contribution >= 0.6 is 23.2 Å². The molecular weight excluding hydrogens is 701 g/mol. The largest absolute Gasteiger partial charge is 0.444 e. The molecule has 0 unspecified atom stereocenters. The molecule has 1 aliphatic rings. The number of hydrogen-bond donors (Lipinski definition) is 2. The molecular formula is C35H39Cl2N7O5S. The van der Waals surface area contributed by atoms with E-state index in [1.165, 1.54) is 18.2 Å². The van der Waals surface area contributed by atoms with Crippen molar-refractivity contribution in [1.82, 2.24) is 24.6 Å². The summed E-state index contributed by atoms with van der Waals surface area (Å²) >= 11 is 12.2. The van der Waals surface area contributed by atoms with E-state index >= 15 is 0 Å². The number of halogens is 2. The molecule has 0 saturated carbocycles. The van der Waals surface area contributed by atoms with Crippen LogP contribution in [0.3, 0.4) is 0 Å². The Morgan fingerprint density at radius 1 is 1.00 bits per heavy atom. The Hall–Kier alpha value is -4.33. The second-order valence-corrected chi connectivity index (χ2v) is 16.8. The Labute approximate surface area is 301 Å². The monoisotopic (exact) mass is 739 g/mol. The molecule has 0 spiro atoms. The highest BCUT2D eigenvalue weighted by atomic mass is 35.5. The molecule has 2 N–H and O–H groups in total. The van der Waals surface area contributed by atoms with Crippen LogP contribution in [0.2, 0.25) is 10.0 Å². The van der Waals surface area contributed by atoms with Crippen LogP contribution in [0.4, 0.5) is 16.3 Å². The van der Waals surface area contributed by atoms with E-state index in [0.717, 1.165) is 24.1 Å². The number of oxazole rings is 1. The number of sulfonamides is 1. The summed E-state index contributed by atoms with van der Waals surface area (Å²) in [7, 11) is -4.04. The molecule has 1 saturated heterocycles. The number of anilines is 2. The fourth-order valence-electron chi connectivity index (χ4n) is 5.55. The lowest BCUT2D eigenvalue weighted by Gasteiger charge is -2.33. The molecule has 15 heteroatoms. The van der Waals surface area contributed by atoms with Gasteiger partial charge in [-0.25, -0.2) is 23.2 Å². The van der Waals surface area contributed by atoms with E-state index in [1.54, 1.807) is 29.3 Å². The standard InChI is InChI=1S/C35H39Cl2N7O5S/c1-34(2,3)40-31-25(32-39-28-10-8-23(19-29(28)48-32)42-50(46,47)30-18-22(36)7-9-26(30)37)17-21(20-38-31)27-13-16-44(41-27)24-11-14-43(15-12-24)33(45)49-35(4,5)6/h7-10,13,16-20,24,42H,11-12,14-15H2,1-6H3,(H,38,40). The molecule has 0 aliphatic carbocycles. The minimum absolute atomic E-state index is 0.0459. The average Bonchev–Trinajstić information content (AvgIpc) is 3.68. The zero-order valence-electron chi connectivity index (χ0n) is 28.6. The van der Waals surface area contributed by atoms with Gasteiger partial charge in [-0.1, -0.05) is 23.2 Å². The van der Waals surface area contributed by atoms with E-state index in [4.69, 9.17) is 47.4 Å². The predicted molar refractivity (Wildman–Crippen MR) is 195 cm³/mol. The maximum absolute atomic E-state index is 13.1. The summed E-state index contributed by atoms with van der Waals surface area (Å²) < 4.78 is 42.5. The van der Waals surface area contributed by atoms with Crippen LogP contribution in [0.25, 0.3) is 33.8 Å². The van der Waals surface area contributed by atoms with Crippen molar-refractivity contribution < 1.29 is 22.4 Å². The average molecular weight is 741 g/mol. The van der Waals surface area contributed by atoms with Crippen molar-refractivity contribution in [2.75, 3.05) is 23.1 Å². The minimum Gasteiger partial charge on any atom is -0.444 e. The smallest absolute Gasteiger partial charge is 0.410 e. The zero-order chi connectivity index (χ0) is 36.0. The van der Waals surface area contributed by atoms with Crippen LogP contribution in [0.1, 0.15) is 60.4 Å². The summed E-state index contributed by atoms with van der Waals surface area (Å²) in [5, 5.41) is 8.61. The number of benzene rings is 2. The molecule has 1 fully saturated rings. The highest BCUT2D eigenvalue weighted by Gasteiger charge is 2.28. The molecule has 0 radical (unpaired) electrons. The quantitative estimate of drug-likeness (QED) is 0.168. The molecule has 2 aromatic carbocycles. The number of hydrogen-bond acceptors (Lipinski definition) is 9. The summed E-state index contributed by atoms with van der Waals surface area (Å²) in [5.74, 6) is 0.867. The van der Waals surface area contributed by atoms with Gasteiger partial charge < -0.3 is 19.4 Å². The molecule has 264 valence electrons. The van der Waals surface area contributed by atoms with Gasteiger partial charge in [0, 0.05) is 47.7 Å². The third kappa shape index (κ3) is 8.17. The molecule has 50 heavy (non-hydrogen) atoms. The Bertz CT molecular complexity index is 2160. The molecule has 0 atom stereocenters. The molecule has 0 bridgehead atoms. The van der Waals surface area contributed by atoms with Gasteiger partial charge in [0.1, 0.15) is 21.8 Å². The topological polar surface area (TPSA) is 144 Å². The molecule has 6 rings (SSSR count). The number of aromatic nitrogens is 4. The van der Waals surface area contributed by atoms with Crippen molar-refractivity contribution >= 4 is 61.9 Å². The highest BCUT2D eigenvalue weighted by molar-refractivity contribution is 7.92. The molecule has 3 aromatic heterocycles. The van der Waals surface area contributed by atoms with Crippen LogP contribution < -0.4 is 10.0 Å². The second-order valence-electron chi connectivity index (χ2n) is 14.3. The molecule has 1 aliphatic heterocycles. The number of piperidine rings is 1. The van der Waals surface area contributed by atoms with Crippen molar-refractivity contribution in [3.63, 3.8) is 0 Å². The van der Waals surface area contributed by atoms with Gasteiger partial charge in [0.05, 0.1) is 28.0 Å². The predicted octanol–water partition coefficient (Wildman–Crippen LogP) is 8.64. The van der Waals surface area contributed by atoms with Crippen molar-refractivity contribution in [2.45, 2.75) is 76.5 Å². The number of fused-ring (bicyclic) bond motifs is 1. The Kier molecular flexibility index (Phi) is 9.53. The molecule has 12 nitrogen and oxygen atoms in total. The summed E-state index contributed by atoms with van der Waals surface area (Å²) in [6.45, 7) is 12.8. The van der Waals surface area contributed by atoms with Crippen LogP contribution in [-0.2, 0) is 14.8 Å². The number of ether oxygens (including phenoxy) is 1. The Morgan fingerprint density at radius 2 is 1.74 bits per heavy atom. The summed E-state index contributed by atoms with van der Waals surface area (Å²) in [6, 6.07) is 13.1. The van der Waals surface area contributed by atoms with Gasteiger partial charge in [-0.15, -0.1) is 0 Å². The number of nitrogens with zero attached hydrogens (tertiary/aromatic N) is 5. The number of amides is 1. The number of carbonyl (C=O) groups excluding carboxylic acids is 1. The zero-order valence-corrected chi connectivity index (χ0v) is 30.9. The lowest BCUT2D eigenvalue weighted by Crippen LogP contribution is -2.42. The first kappa shape index (κ1) is 35.5. The van der Waals surface area contributed by atoms with Crippen molar-refractivity contribution in [2.24, 2.45) is 0 Å². The van der Waals surface area contributed by atoms with Crippen LogP contribution in [0.15, 0.2) is 70.2 Å². The Morgan fingerprint density at radius 3 is 2.44 bits per heavy atom. The highest BCUT2D eigenvalue weighted by Crippen LogP contribution is 2.35. The van der Waals surface area contributed by atoms with Gasteiger partial charge in [0.15, 0.2) is 5.58 Å². The van der Waals surface area contributed by atoms with E-state index in [-0.39, 0.29) is 38.3 Å². The van der Waals surface area contributed by atoms with Crippen LogP contribution in [-0.4, -0.2) is 63.4 Å². The van der Waals surface area contributed by atoms with Gasteiger partial charge in [-0.2, -0.15) is 5.10 Å². The summed E-state index contributed by atoms with van der Waals surface area (Å²) in [5.41, 5.74) is 2.40. The lowest BCUT2D eigenvalue weighted by atomic mass is 10.1. The number of rotatable bonds is 7. The first-order valence-corrected chi connectivity index (χ1v) is 18.4. The van der Waals surface area contributed by atoms with E-state index in [9.17, 15) is 13.2 Å². The number of carbonyl (C=O) groups is 1. The van der Waals surface area contributed by atoms with E-state index in [0.29, 0.717) is 41.5 Å². The third-order valence-corrected chi connectivity index (χ3v) is 9.93. The van der Waals surface area contributed by atoms with Gasteiger partial charge in [-0.05, 0) is 96.8 Å². The van der Waals surface area contributed by atoms with E-state index < -0.39 is 15.6 Å². The van der Waals surface area contributed by atoms with Crippen LogP contribution in [0.5, 0.6) is 0 Å². The molecule has 1 amide bonds. The number of nitrogens with one attached hydrogen (secondary N) is 2. The fourth-order valence-corrected chi connectivity index (χ4v) is 7.37. The van der Waals surface area contributed by atoms with Crippen molar-refractivity contribution in [3.8, 4) is 22.7 Å². The van der Waals surface area contributed by atoms with Crippen LogP contribution in [0, 0.1) is 0 Å². The minimum atomic E-state index is -4.04. The first-order valence-electron chi connectivity index (χ1n) is 16.1. The third-order valence-electron chi connectivity index (χ3n) is 7.83. The summed E-state index contributed by atoms with van der Waals surface area (Å²) in [6.07, 6.45) is 4.92. The fraction of sp³-hybridized carbons (Fsp3) is 0.371. The lowest BCUT2D eigenvalue weighted by molar-refractivity contribution is 0.0185. The van der Waals surface area contributed by atoms with Gasteiger partial charge in [0.2, 0.25) is 5.89 Å². The SMILES string of the molecule is CC(C)(C)Nc1ncc(-c2ccn(C3CCN(C(=O)OC(C)(C)C)CC3)n2)cc1-c1nc2ccc(NS(=O)(=O)c3cc(Cl)ccc3Cl)cc2o1. The molecule has 4 heterocycles. The maximum Gasteiger partial charge on any atom is 0.410 e. The van der Waals surface area contributed by atoms with Gasteiger partial charge in [0.25, 0.3) is 10.0 Å². The maximum atomic E-state index is 13.1. The summed E-state index contributed by atoms with van der Waals surface area (Å²) in [4.78, 5) is 23.6. The normalized spacial score (nSPS) is 14.6. The Balaban J connectivity index is 1.26. The van der Waals surface area contributed by atoms with E-state index in [2.05, 4.69) is 10.0 Å². The van der Waals surface area contributed by atoms with Crippen molar-refractivity contribution in [1.29, 1.82) is 0 Å². The van der Waals surface area contributed by atoms with E-state index in [1.807, 2.05) is 64.6 Å². The second kappa shape index (κ2) is 13.4. The molecule has 5 aromatic rings. The van der Waals surface area contributed by atoms with Gasteiger partial charge in [-0.3, -0.25) is 9.40 Å². The van der Waals surface area contributed by atoms with Gasteiger partial charge >= 0.3 is 6.09 Å². The number of pyridine rings is 1. The van der Waals surface area contributed by atoms with Crippen molar-refractivity contribution in [3.05, 3.63) is 71.0 Å². The number of likely N-dealkylation sites (tertiary alicyclic amines) is 1. The first-order chi connectivity index (χ1) is 23.4.